The first-order valence-corrected chi connectivity index (χ1v) is 10.9. The lowest BCUT2D eigenvalue weighted by atomic mass is 10.2. The summed E-state index contributed by atoms with van der Waals surface area (Å²) in [5.74, 6) is 1.48. The molecule has 2 heterocycles. The average molecular weight is 466 g/mol. The van der Waals surface area contributed by atoms with Crippen molar-refractivity contribution in [3.63, 3.8) is 0 Å². The highest BCUT2D eigenvalue weighted by Gasteiger charge is 2.20. The summed E-state index contributed by atoms with van der Waals surface area (Å²) in [6, 6.07) is 12.9. The van der Waals surface area contributed by atoms with Gasteiger partial charge in [-0.15, -0.1) is 5.10 Å². The number of anilines is 1. The van der Waals surface area contributed by atoms with Gasteiger partial charge in [0, 0.05) is 10.7 Å². The van der Waals surface area contributed by atoms with Gasteiger partial charge < -0.3 is 14.5 Å². The molecule has 0 atom stereocenters. The molecule has 1 N–H and O–H groups in total. The van der Waals surface area contributed by atoms with Gasteiger partial charge in [0.2, 0.25) is 5.89 Å². The van der Waals surface area contributed by atoms with Crippen LogP contribution in [0.2, 0.25) is 5.02 Å². The van der Waals surface area contributed by atoms with Gasteiger partial charge in [0.15, 0.2) is 5.69 Å². The van der Waals surface area contributed by atoms with Gasteiger partial charge >= 0.3 is 0 Å². The van der Waals surface area contributed by atoms with Crippen LogP contribution in [0.15, 0.2) is 46.9 Å². The summed E-state index contributed by atoms with van der Waals surface area (Å²) in [6.45, 7) is 8.27. The zero-order valence-corrected chi connectivity index (χ0v) is 19.6. The summed E-state index contributed by atoms with van der Waals surface area (Å²) in [5, 5.41) is 11.7. The third-order valence-electron chi connectivity index (χ3n) is 5.32. The Labute approximate surface area is 196 Å². The van der Waals surface area contributed by atoms with E-state index >= 15 is 0 Å². The van der Waals surface area contributed by atoms with Crippen LogP contribution in [0.1, 0.15) is 40.1 Å². The van der Waals surface area contributed by atoms with Crippen molar-refractivity contribution in [2.45, 2.75) is 34.2 Å². The second kappa shape index (κ2) is 9.46. The number of hydrogen-bond acceptors (Lipinski definition) is 6. The molecule has 0 saturated carbocycles. The molecule has 33 heavy (non-hydrogen) atoms. The monoisotopic (exact) mass is 465 g/mol. The van der Waals surface area contributed by atoms with Crippen LogP contribution in [-0.4, -0.2) is 32.5 Å². The molecule has 0 aliphatic carbocycles. The van der Waals surface area contributed by atoms with E-state index < -0.39 is 0 Å². The molecule has 0 spiro atoms. The number of para-hydroxylation sites is 1. The van der Waals surface area contributed by atoms with Crippen molar-refractivity contribution < 1.29 is 13.9 Å². The Morgan fingerprint density at radius 2 is 1.94 bits per heavy atom. The van der Waals surface area contributed by atoms with Crippen LogP contribution < -0.4 is 10.1 Å². The number of aryl methyl sites for hydroxylation is 1. The third kappa shape index (κ3) is 4.61. The van der Waals surface area contributed by atoms with Crippen molar-refractivity contribution in [2.75, 3.05) is 11.9 Å². The first-order valence-electron chi connectivity index (χ1n) is 10.5. The van der Waals surface area contributed by atoms with E-state index in [1.54, 1.807) is 29.8 Å². The number of carbonyl (C=O) groups is 1. The maximum Gasteiger partial charge on any atom is 0.278 e. The molecule has 0 aliphatic heterocycles. The summed E-state index contributed by atoms with van der Waals surface area (Å²) in [5.41, 5.74) is 3.74. The maximum absolute atomic E-state index is 12.8. The lowest BCUT2D eigenvalue weighted by Crippen LogP contribution is -2.15. The van der Waals surface area contributed by atoms with Gasteiger partial charge in [-0.2, -0.15) is 0 Å². The molecule has 2 aromatic carbocycles. The van der Waals surface area contributed by atoms with Gasteiger partial charge in [0.05, 0.1) is 24.4 Å². The van der Waals surface area contributed by atoms with Gasteiger partial charge in [0.25, 0.3) is 5.91 Å². The van der Waals surface area contributed by atoms with Crippen molar-refractivity contribution >= 4 is 23.2 Å². The van der Waals surface area contributed by atoms with Crippen LogP contribution in [0.5, 0.6) is 5.75 Å². The van der Waals surface area contributed by atoms with E-state index in [-0.39, 0.29) is 11.6 Å². The van der Waals surface area contributed by atoms with Gasteiger partial charge in [-0.1, -0.05) is 35.0 Å². The second-order valence-electron chi connectivity index (χ2n) is 7.50. The fourth-order valence-electron chi connectivity index (χ4n) is 3.40. The zero-order valence-electron chi connectivity index (χ0n) is 18.8. The molecule has 170 valence electrons. The van der Waals surface area contributed by atoms with E-state index in [1.807, 2.05) is 45.0 Å². The summed E-state index contributed by atoms with van der Waals surface area (Å²) >= 11 is 6.15. The largest absolute Gasteiger partial charge is 0.493 e. The number of nitrogens with zero attached hydrogens (tertiary/aromatic N) is 4. The molecule has 0 bridgehead atoms. The maximum atomic E-state index is 12.8. The lowest BCUT2D eigenvalue weighted by Gasteiger charge is -2.08. The Bertz CT molecular complexity index is 1310. The standard InChI is InChI=1S/C24H24ClN5O3/c1-5-32-21-12-7-6-9-17(21)24-27-20(16(4)33-24)13-30-15(3)22(28-29-30)23(31)26-19-11-8-10-18(25)14(19)2/h6-12H,5,13H2,1-4H3,(H,26,31). The van der Waals surface area contributed by atoms with Crippen LogP contribution in [0.3, 0.4) is 0 Å². The fourth-order valence-corrected chi connectivity index (χ4v) is 3.58. The number of oxazole rings is 1. The van der Waals surface area contributed by atoms with E-state index in [2.05, 4.69) is 20.6 Å². The van der Waals surface area contributed by atoms with Crippen LogP contribution in [0.25, 0.3) is 11.5 Å². The SMILES string of the molecule is CCOc1ccccc1-c1nc(Cn2nnc(C(=O)Nc3cccc(Cl)c3C)c2C)c(C)o1. The smallest absolute Gasteiger partial charge is 0.278 e. The van der Waals surface area contributed by atoms with Crippen LogP contribution in [0.4, 0.5) is 5.69 Å². The number of benzene rings is 2. The molecular weight excluding hydrogens is 442 g/mol. The van der Waals surface area contributed by atoms with Gasteiger partial charge in [-0.25, -0.2) is 9.67 Å². The molecule has 0 aliphatic rings. The minimum absolute atomic E-state index is 0.234. The number of aromatic nitrogens is 4. The molecule has 9 heteroatoms. The molecular formula is C24H24ClN5O3. The predicted molar refractivity (Wildman–Crippen MR) is 126 cm³/mol. The summed E-state index contributed by atoms with van der Waals surface area (Å²) in [7, 11) is 0. The first-order chi connectivity index (χ1) is 15.9. The number of halogens is 1. The van der Waals surface area contributed by atoms with E-state index in [4.69, 9.17) is 20.8 Å². The average Bonchev–Trinajstić information content (AvgIpc) is 3.35. The number of carbonyl (C=O) groups excluding carboxylic acids is 1. The molecule has 4 aromatic rings. The molecule has 2 aromatic heterocycles. The quantitative estimate of drug-likeness (QED) is 0.402. The van der Waals surface area contributed by atoms with Gasteiger partial charge in [-0.3, -0.25) is 4.79 Å². The Morgan fingerprint density at radius 1 is 1.15 bits per heavy atom. The number of hydrogen-bond donors (Lipinski definition) is 1. The molecule has 4 rings (SSSR count). The van der Waals surface area contributed by atoms with Crippen molar-refractivity contribution in [3.8, 4) is 17.2 Å². The molecule has 0 unspecified atom stereocenters. The number of ether oxygens (including phenoxy) is 1. The molecule has 1 amide bonds. The molecule has 8 nitrogen and oxygen atoms in total. The van der Waals surface area contributed by atoms with E-state index in [0.717, 1.165) is 11.1 Å². The zero-order chi connectivity index (χ0) is 23.5. The Balaban J connectivity index is 1.56. The number of rotatable bonds is 7. The van der Waals surface area contributed by atoms with Crippen molar-refractivity contribution in [1.82, 2.24) is 20.0 Å². The Kier molecular flexibility index (Phi) is 6.46. The number of nitrogens with one attached hydrogen (secondary N) is 1. The molecule has 0 saturated heterocycles. The minimum atomic E-state index is -0.354. The Hall–Kier alpha value is -3.65. The summed E-state index contributed by atoms with van der Waals surface area (Å²) in [4.78, 5) is 17.5. The van der Waals surface area contributed by atoms with Crippen LogP contribution in [0, 0.1) is 20.8 Å². The second-order valence-corrected chi connectivity index (χ2v) is 7.91. The van der Waals surface area contributed by atoms with Gasteiger partial charge in [-0.05, 0) is 57.5 Å². The summed E-state index contributed by atoms with van der Waals surface area (Å²) in [6.07, 6.45) is 0. The highest BCUT2D eigenvalue weighted by Crippen LogP contribution is 2.31. The highest BCUT2D eigenvalue weighted by atomic mass is 35.5. The van der Waals surface area contributed by atoms with Gasteiger partial charge in [0.1, 0.15) is 17.2 Å². The van der Waals surface area contributed by atoms with Crippen molar-refractivity contribution in [2.24, 2.45) is 0 Å². The third-order valence-corrected chi connectivity index (χ3v) is 5.73. The van der Waals surface area contributed by atoms with E-state index in [1.165, 1.54) is 0 Å². The molecule has 0 radical (unpaired) electrons. The summed E-state index contributed by atoms with van der Waals surface area (Å²) < 4.78 is 13.2. The van der Waals surface area contributed by atoms with Crippen molar-refractivity contribution in [3.05, 3.63) is 75.9 Å². The Morgan fingerprint density at radius 3 is 2.73 bits per heavy atom. The topological polar surface area (TPSA) is 95.1 Å². The predicted octanol–water partition coefficient (Wildman–Crippen LogP) is 5.21. The van der Waals surface area contributed by atoms with Crippen LogP contribution >= 0.6 is 11.6 Å². The van der Waals surface area contributed by atoms with E-state index in [0.29, 0.717) is 52.6 Å². The lowest BCUT2D eigenvalue weighted by molar-refractivity contribution is 0.102. The minimum Gasteiger partial charge on any atom is -0.493 e. The number of amides is 1. The van der Waals surface area contributed by atoms with Crippen LogP contribution in [-0.2, 0) is 6.54 Å². The normalized spacial score (nSPS) is 10.9. The van der Waals surface area contributed by atoms with Crippen molar-refractivity contribution in [1.29, 1.82) is 0 Å². The first kappa shape index (κ1) is 22.5. The van der Waals surface area contributed by atoms with E-state index in [9.17, 15) is 4.79 Å². The fraction of sp³-hybridized carbons (Fsp3) is 0.250. The molecule has 0 fully saturated rings. The highest BCUT2D eigenvalue weighted by molar-refractivity contribution is 6.31.